The Hall–Kier alpha value is -0.120. The number of rotatable bonds is 0. The molecule has 2 saturated heterocycles. The van der Waals surface area contributed by atoms with Crippen molar-refractivity contribution in [3.63, 3.8) is 0 Å². The molecule has 3 aliphatic rings. The predicted octanol–water partition coefficient (Wildman–Crippen LogP) is 2.56. The molecule has 18 heavy (non-hydrogen) atoms. The highest BCUT2D eigenvalue weighted by molar-refractivity contribution is 5.08. The molecule has 0 bridgehead atoms. The van der Waals surface area contributed by atoms with Crippen LogP contribution in [0.4, 0.5) is 0 Å². The van der Waals surface area contributed by atoms with Gasteiger partial charge in [-0.2, -0.15) is 0 Å². The monoisotopic (exact) mass is 252 g/mol. The molecule has 2 heterocycles. The average Bonchev–Trinajstić information content (AvgIpc) is 2.09. The minimum Gasteiger partial charge on any atom is -0.354 e. The Balaban J connectivity index is 1.84. The van der Waals surface area contributed by atoms with Gasteiger partial charge in [-0.15, -0.1) is 0 Å². The Labute approximate surface area is 111 Å². The molecule has 3 fully saturated rings. The van der Waals surface area contributed by atoms with Crippen molar-refractivity contribution in [1.82, 2.24) is 10.6 Å². The van der Waals surface area contributed by atoms with Gasteiger partial charge in [0.1, 0.15) is 5.72 Å². The molecule has 0 atom stereocenters. The summed E-state index contributed by atoms with van der Waals surface area (Å²) in [4.78, 5) is 0. The van der Waals surface area contributed by atoms with E-state index in [1.165, 1.54) is 25.7 Å². The Morgan fingerprint density at radius 1 is 0.889 bits per heavy atom. The molecule has 0 radical (unpaired) electrons. The first-order valence-corrected chi connectivity index (χ1v) is 7.49. The van der Waals surface area contributed by atoms with Gasteiger partial charge >= 0.3 is 0 Å². The second-order valence-corrected chi connectivity index (χ2v) is 8.06. The highest BCUT2D eigenvalue weighted by atomic mass is 16.5. The number of hydrogen-bond donors (Lipinski definition) is 2. The summed E-state index contributed by atoms with van der Waals surface area (Å²) in [7, 11) is 0. The van der Waals surface area contributed by atoms with Crippen LogP contribution < -0.4 is 10.6 Å². The second-order valence-electron chi connectivity index (χ2n) is 8.06. The predicted molar refractivity (Wildman–Crippen MR) is 73.5 cm³/mol. The summed E-state index contributed by atoms with van der Waals surface area (Å²) in [5, 5.41) is 7.45. The molecular weight excluding hydrogens is 224 g/mol. The fourth-order valence-corrected chi connectivity index (χ4v) is 4.63. The smallest absolute Gasteiger partial charge is 0.123 e. The minimum absolute atomic E-state index is 0.100. The summed E-state index contributed by atoms with van der Waals surface area (Å²) in [6.07, 6.45) is 7.20. The lowest BCUT2D eigenvalue weighted by atomic mass is 9.72. The molecule has 3 rings (SSSR count). The molecule has 2 N–H and O–H groups in total. The van der Waals surface area contributed by atoms with Crippen molar-refractivity contribution >= 4 is 0 Å². The quantitative estimate of drug-likeness (QED) is 0.695. The highest BCUT2D eigenvalue weighted by Gasteiger charge is 2.54. The standard InChI is InChI=1S/C15H28N2O/c1-12(2)10-15(11-13(3,4)17-12)16-9-8-14(18-15)6-5-7-14/h16-17H,5-11H2,1-4H3. The van der Waals surface area contributed by atoms with E-state index >= 15 is 0 Å². The van der Waals surface area contributed by atoms with Crippen LogP contribution in [0.1, 0.15) is 66.2 Å². The van der Waals surface area contributed by atoms with Crippen LogP contribution in [0.3, 0.4) is 0 Å². The van der Waals surface area contributed by atoms with E-state index in [-0.39, 0.29) is 22.4 Å². The van der Waals surface area contributed by atoms with Gasteiger partial charge in [0, 0.05) is 30.5 Å². The maximum absolute atomic E-state index is 6.66. The van der Waals surface area contributed by atoms with E-state index < -0.39 is 0 Å². The fourth-order valence-electron chi connectivity index (χ4n) is 4.63. The lowest BCUT2D eigenvalue weighted by molar-refractivity contribution is -0.255. The van der Waals surface area contributed by atoms with E-state index in [1.807, 2.05) is 0 Å². The van der Waals surface area contributed by atoms with Crippen LogP contribution in [0.15, 0.2) is 0 Å². The third kappa shape index (κ3) is 2.21. The summed E-state index contributed by atoms with van der Waals surface area (Å²) in [6.45, 7) is 10.3. The molecule has 2 aliphatic heterocycles. The van der Waals surface area contributed by atoms with Crippen molar-refractivity contribution in [2.45, 2.75) is 88.6 Å². The van der Waals surface area contributed by atoms with Crippen LogP contribution in [0, 0.1) is 0 Å². The van der Waals surface area contributed by atoms with Gasteiger partial charge in [0.2, 0.25) is 0 Å². The Morgan fingerprint density at radius 2 is 1.50 bits per heavy atom. The second kappa shape index (κ2) is 3.71. The van der Waals surface area contributed by atoms with Crippen molar-refractivity contribution in [3.8, 4) is 0 Å². The molecule has 0 aromatic carbocycles. The van der Waals surface area contributed by atoms with Gasteiger partial charge in [-0.3, -0.25) is 5.32 Å². The Bertz CT molecular complexity index is 328. The van der Waals surface area contributed by atoms with E-state index in [4.69, 9.17) is 4.74 Å². The highest BCUT2D eigenvalue weighted by Crippen LogP contribution is 2.48. The van der Waals surface area contributed by atoms with Gasteiger partial charge < -0.3 is 10.1 Å². The van der Waals surface area contributed by atoms with Gasteiger partial charge in [-0.05, 0) is 53.4 Å². The van der Waals surface area contributed by atoms with Gasteiger partial charge in [0.05, 0.1) is 5.60 Å². The van der Waals surface area contributed by atoms with E-state index in [2.05, 4.69) is 38.3 Å². The maximum atomic E-state index is 6.66. The minimum atomic E-state index is -0.100. The third-order valence-electron chi connectivity index (χ3n) is 4.84. The van der Waals surface area contributed by atoms with Crippen molar-refractivity contribution < 1.29 is 4.74 Å². The van der Waals surface area contributed by atoms with E-state index in [1.54, 1.807) is 0 Å². The molecule has 3 nitrogen and oxygen atoms in total. The fraction of sp³-hybridized carbons (Fsp3) is 1.00. The van der Waals surface area contributed by atoms with Crippen molar-refractivity contribution in [2.75, 3.05) is 6.54 Å². The van der Waals surface area contributed by atoms with Crippen molar-refractivity contribution in [1.29, 1.82) is 0 Å². The zero-order valence-electron chi connectivity index (χ0n) is 12.4. The molecule has 0 aromatic heterocycles. The average molecular weight is 252 g/mol. The van der Waals surface area contributed by atoms with E-state index in [9.17, 15) is 0 Å². The number of hydrogen-bond acceptors (Lipinski definition) is 3. The summed E-state index contributed by atoms with van der Waals surface area (Å²) >= 11 is 0. The normalized spacial score (nSPS) is 35.3. The summed E-state index contributed by atoms with van der Waals surface area (Å²) in [5.74, 6) is 0. The van der Waals surface area contributed by atoms with Crippen LogP contribution in [0.5, 0.6) is 0 Å². The SMILES string of the molecule is CC1(C)CC2(CC(C)(C)N1)NCCC1(CCC1)O2. The van der Waals surface area contributed by atoms with Gasteiger partial charge in [0.15, 0.2) is 0 Å². The summed E-state index contributed by atoms with van der Waals surface area (Å²) in [6, 6.07) is 0. The molecule has 0 unspecified atom stereocenters. The van der Waals surface area contributed by atoms with Crippen LogP contribution >= 0.6 is 0 Å². The van der Waals surface area contributed by atoms with Gasteiger partial charge in [-0.25, -0.2) is 0 Å². The van der Waals surface area contributed by atoms with Crippen LogP contribution in [0.2, 0.25) is 0 Å². The topological polar surface area (TPSA) is 33.3 Å². The first-order valence-electron chi connectivity index (χ1n) is 7.49. The van der Waals surface area contributed by atoms with E-state index in [0.717, 1.165) is 19.4 Å². The lowest BCUT2D eigenvalue weighted by Gasteiger charge is -2.60. The first-order chi connectivity index (χ1) is 8.24. The van der Waals surface area contributed by atoms with Crippen LogP contribution in [-0.2, 0) is 4.74 Å². The van der Waals surface area contributed by atoms with Crippen LogP contribution in [-0.4, -0.2) is 28.9 Å². The molecule has 0 amide bonds. The number of ether oxygens (including phenoxy) is 1. The Morgan fingerprint density at radius 3 is 2.00 bits per heavy atom. The molecule has 1 aliphatic carbocycles. The largest absolute Gasteiger partial charge is 0.354 e. The zero-order valence-corrected chi connectivity index (χ0v) is 12.4. The lowest BCUT2D eigenvalue weighted by Crippen LogP contribution is -2.72. The molecular formula is C15H28N2O. The van der Waals surface area contributed by atoms with Crippen molar-refractivity contribution in [2.24, 2.45) is 0 Å². The number of nitrogens with one attached hydrogen (secondary N) is 2. The summed E-state index contributed by atoms with van der Waals surface area (Å²) in [5.41, 5.74) is 0.389. The van der Waals surface area contributed by atoms with Crippen molar-refractivity contribution in [3.05, 3.63) is 0 Å². The Kier molecular flexibility index (Phi) is 2.66. The van der Waals surface area contributed by atoms with Crippen LogP contribution in [0.25, 0.3) is 0 Å². The zero-order chi connectivity index (χ0) is 13.1. The molecule has 104 valence electrons. The first kappa shape index (κ1) is 12.9. The number of piperidine rings is 1. The molecule has 2 spiro atoms. The van der Waals surface area contributed by atoms with E-state index in [0.29, 0.717) is 0 Å². The molecule has 0 aromatic rings. The van der Waals surface area contributed by atoms with Gasteiger partial charge in [0.25, 0.3) is 0 Å². The molecule has 3 heteroatoms. The maximum Gasteiger partial charge on any atom is 0.123 e. The van der Waals surface area contributed by atoms with Gasteiger partial charge in [-0.1, -0.05) is 0 Å². The molecule has 1 saturated carbocycles. The summed E-state index contributed by atoms with van der Waals surface area (Å²) < 4.78 is 6.66. The third-order valence-corrected chi connectivity index (χ3v) is 4.84.